The molecule has 0 fully saturated rings. The van der Waals surface area contributed by atoms with Crippen molar-refractivity contribution in [2.75, 3.05) is 13.1 Å². The maximum absolute atomic E-state index is 3.93. The summed E-state index contributed by atoms with van der Waals surface area (Å²) in [6, 6.07) is 0.537. The van der Waals surface area contributed by atoms with E-state index in [2.05, 4.69) is 39.2 Å². The summed E-state index contributed by atoms with van der Waals surface area (Å²) in [7, 11) is 0. The highest BCUT2D eigenvalue weighted by molar-refractivity contribution is 4.99. The van der Waals surface area contributed by atoms with Gasteiger partial charge in [-0.05, 0) is 26.9 Å². The van der Waals surface area contributed by atoms with Crippen molar-refractivity contribution in [1.29, 1.82) is 0 Å². The van der Waals surface area contributed by atoms with Crippen LogP contribution in [0.5, 0.6) is 0 Å². The topological polar surface area (TPSA) is 3.24 Å². The zero-order valence-corrected chi connectivity index (χ0v) is 7.65. The normalized spacial score (nSPS) is 13.7. The van der Waals surface area contributed by atoms with E-state index in [1.807, 2.05) is 0 Å². The molecule has 0 saturated carbocycles. The van der Waals surface area contributed by atoms with Gasteiger partial charge < -0.3 is 0 Å². The Morgan fingerprint density at radius 3 is 1.90 bits per heavy atom. The van der Waals surface area contributed by atoms with Crippen molar-refractivity contribution in [3.05, 3.63) is 12.2 Å². The van der Waals surface area contributed by atoms with E-state index in [-0.39, 0.29) is 0 Å². The molecule has 0 spiro atoms. The minimum Gasteiger partial charge on any atom is -0.298 e. The van der Waals surface area contributed by atoms with Crippen molar-refractivity contribution < 1.29 is 0 Å². The molecule has 1 unspecified atom stereocenters. The monoisotopic (exact) mass is 141 g/mol. The highest BCUT2D eigenvalue weighted by Gasteiger charge is 2.08. The zero-order valence-electron chi connectivity index (χ0n) is 7.65. The molecule has 0 rings (SSSR count). The number of nitrogens with zero attached hydrogens (tertiary/aromatic N) is 1. The molecule has 0 heterocycles. The van der Waals surface area contributed by atoms with Gasteiger partial charge in [-0.15, -0.1) is 0 Å². The van der Waals surface area contributed by atoms with Gasteiger partial charge in [-0.3, -0.25) is 4.90 Å². The molecule has 0 aromatic rings. The van der Waals surface area contributed by atoms with Crippen molar-refractivity contribution in [1.82, 2.24) is 4.90 Å². The third kappa shape index (κ3) is 2.53. The largest absolute Gasteiger partial charge is 0.298 e. The van der Waals surface area contributed by atoms with Crippen molar-refractivity contribution >= 4 is 0 Å². The van der Waals surface area contributed by atoms with Crippen LogP contribution in [0.4, 0.5) is 0 Å². The lowest BCUT2D eigenvalue weighted by molar-refractivity contribution is 0.259. The fourth-order valence-corrected chi connectivity index (χ4v) is 1.08. The highest BCUT2D eigenvalue weighted by Crippen LogP contribution is 2.05. The SMILES string of the molecule is C=C(C)C(C)N(CC)CC. The van der Waals surface area contributed by atoms with Crippen LogP contribution >= 0.6 is 0 Å². The van der Waals surface area contributed by atoms with Crippen LogP contribution in [-0.2, 0) is 0 Å². The summed E-state index contributed by atoms with van der Waals surface area (Å²) >= 11 is 0. The van der Waals surface area contributed by atoms with Gasteiger partial charge in [-0.25, -0.2) is 0 Å². The van der Waals surface area contributed by atoms with Crippen LogP contribution in [-0.4, -0.2) is 24.0 Å². The average Bonchev–Trinajstić information content (AvgIpc) is 1.90. The lowest BCUT2D eigenvalue weighted by Crippen LogP contribution is -2.33. The summed E-state index contributed by atoms with van der Waals surface area (Å²) in [6.45, 7) is 14.8. The van der Waals surface area contributed by atoms with Crippen molar-refractivity contribution in [2.24, 2.45) is 0 Å². The third-order valence-electron chi connectivity index (χ3n) is 2.07. The molecule has 1 atom stereocenters. The molecule has 0 radical (unpaired) electrons. The minimum atomic E-state index is 0.537. The summed E-state index contributed by atoms with van der Waals surface area (Å²) in [4.78, 5) is 2.39. The van der Waals surface area contributed by atoms with Gasteiger partial charge in [-0.2, -0.15) is 0 Å². The smallest absolute Gasteiger partial charge is 0.0273 e. The molecular weight excluding hydrogens is 122 g/mol. The summed E-state index contributed by atoms with van der Waals surface area (Å²) in [5, 5.41) is 0. The molecule has 10 heavy (non-hydrogen) atoms. The second-order valence-corrected chi connectivity index (χ2v) is 2.74. The fourth-order valence-electron chi connectivity index (χ4n) is 1.08. The Balaban J connectivity index is 3.88. The predicted octanol–water partition coefficient (Wildman–Crippen LogP) is 2.29. The number of rotatable bonds is 4. The van der Waals surface area contributed by atoms with E-state index in [1.165, 1.54) is 5.57 Å². The van der Waals surface area contributed by atoms with Gasteiger partial charge in [0.1, 0.15) is 0 Å². The number of hydrogen-bond acceptors (Lipinski definition) is 1. The number of hydrogen-bond donors (Lipinski definition) is 0. The molecule has 0 aliphatic rings. The molecule has 0 aromatic carbocycles. The molecule has 0 aromatic heterocycles. The summed E-state index contributed by atoms with van der Waals surface area (Å²) in [5.41, 5.74) is 1.25. The van der Waals surface area contributed by atoms with Gasteiger partial charge >= 0.3 is 0 Å². The first kappa shape index (κ1) is 9.70. The molecule has 0 aliphatic heterocycles. The van der Waals surface area contributed by atoms with Crippen LogP contribution in [0.2, 0.25) is 0 Å². The van der Waals surface area contributed by atoms with E-state index in [4.69, 9.17) is 0 Å². The zero-order chi connectivity index (χ0) is 8.15. The van der Waals surface area contributed by atoms with Gasteiger partial charge in [0.2, 0.25) is 0 Å². The van der Waals surface area contributed by atoms with E-state index < -0.39 is 0 Å². The maximum Gasteiger partial charge on any atom is 0.0273 e. The molecule has 1 nitrogen and oxygen atoms in total. The van der Waals surface area contributed by atoms with E-state index in [9.17, 15) is 0 Å². The first-order chi connectivity index (χ1) is 4.63. The van der Waals surface area contributed by atoms with Crippen molar-refractivity contribution in [3.63, 3.8) is 0 Å². The van der Waals surface area contributed by atoms with E-state index in [0.717, 1.165) is 13.1 Å². The molecule has 0 saturated heterocycles. The second-order valence-electron chi connectivity index (χ2n) is 2.74. The minimum absolute atomic E-state index is 0.537. The van der Waals surface area contributed by atoms with Crippen molar-refractivity contribution in [3.8, 4) is 0 Å². The first-order valence-electron chi connectivity index (χ1n) is 4.02. The Morgan fingerprint density at radius 2 is 1.80 bits per heavy atom. The third-order valence-corrected chi connectivity index (χ3v) is 2.07. The lowest BCUT2D eigenvalue weighted by atomic mass is 10.1. The molecule has 1 heteroatoms. The number of likely N-dealkylation sites (N-methyl/N-ethyl adjacent to an activating group) is 1. The van der Waals surface area contributed by atoms with Crippen LogP contribution in [0.3, 0.4) is 0 Å². The fraction of sp³-hybridized carbons (Fsp3) is 0.778. The van der Waals surface area contributed by atoms with E-state index in [0.29, 0.717) is 6.04 Å². The van der Waals surface area contributed by atoms with Crippen molar-refractivity contribution in [2.45, 2.75) is 33.7 Å². The summed E-state index contributed by atoms with van der Waals surface area (Å²) in [5.74, 6) is 0. The predicted molar refractivity (Wildman–Crippen MR) is 47.2 cm³/mol. The quantitative estimate of drug-likeness (QED) is 0.543. The lowest BCUT2D eigenvalue weighted by Gasteiger charge is -2.26. The van der Waals surface area contributed by atoms with Crippen LogP contribution in [0.15, 0.2) is 12.2 Å². The summed E-state index contributed by atoms with van der Waals surface area (Å²) < 4.78 is 0. The van der Waals surface area contributed by atoms with Gasteiger partial charge in [0.15, 0.2) is 0 Å². The Kier molecular flexibility index (Phi) is 4.37. The van der Waals surface area contributed by atoms with Gasteiger partial charge in [-0.1, -0.05) is 26.0 Å². The summed E-state index contributed by atoms with van der Waals surface area (Å²) in [6.07, 6.45) is 0. The highest BCUT2D eigenvalue weighted by atomic mass is 15.1. The van der Waals surface area contributed by atoms with Gasteiger partial charge in [0.05, 0.1) is 0 Å². The first-order valence-corrected chi connectivity index (χ1v) is 4.02. The molecule has 60 valence electrons. The van der Waals surface area contributed by atoms with Gasteiger partial charge in [0.25, 0.3) is 0 Å². The molecule has 0 bridgehead atoms. The molecular formula is C9H19N. The Morgan fingerprint density at radius 1 is 1.40 bits per heavy atom. The van der Waals surface area contributed by atoms with E-state index >= 15 is 0 Å². The Bertz CT molecular complexity index is 103. The second kappa shape index (κ2) is 4.51. The molecule has 0 N–H and O–H groups in total. The average molecular weight is 141 g/mol. The van der Waals surface area contributed by atoms with Crippen LogP contribution in [0.1, 0.15) is 27.7 Å². The van der Waals surface area contributed by atoms with Crippen LogP contribution < -0.4 is 0 Å². The van der Waals surface area contributed by atoms with Crippen LogP contribution in [0.25, 0.3) is 0 Å². The molecule has 0 amide bonds. The standard InChI is InChI=1S/C9H19N/c1-6-10(7-2)9(5)8(3)4/h9H,3,6-7H2,1-2,4-5H3. The molecule has 0 aliphatic carbocycles. The van der Waals surface area contributed by atoms with Gasteiger partial charge in [0, 0.05) is 6.04 Å². The Labute approximate surface area is 64.7 Å². The Hall–Kier alpha value is -0.300. The van der Waals surface area contributed by atoms with Crippen LogP contribution in [0, 0.1) is 0 Å². The van der Waals surface area contributed by atoms with E-state index in [1.54, 1.807) is 0 Å². The maximum atomic E-state index is 3.93.